The van der Waals surface area contributed by atoms with Gasteiger partial charge in [-0.2, -0.15) is 0 Å². The van der Waals surface area contributed by atoms with Crippen LogP contribution in [0.1, 0.15) is 42.0 Å². The van der Waals surface area contributed by atoms with Gasteiger partial charge in [-0.25, -0.2) is 4.98 Å². The summed E-state index contributed by atoms with van der Waals surface area (Å²) in [7, 11) is 0. The number of rotatable bonds is 2. The van der Waals surface area contributed by atoms with Crippen molar-refractivity contribution in [2.75, 3.05) is 6.54 Å². The zero-order chi connectivity index (χ0) is 13.6. The number of aliphatic carboxylic acids is 1. The highest BCUT2D eigenvalue weighted by molar-refractivity contribution is 5.93. The van der Waals surface area contributed by atoms with Crippen LogP contribution in [0.4, 0.5) is 0 Å². The van der Waals surface area contributed by atoms with Crippen LogP contribution in [-0.2, 0) is 4.79 Å². The van der Waals surface area contributed by atoms with Crippen molar-refractivity contribution < 1.29 is 14.7 Å². The number of carboxylic acids is 1. The van der Waals surface area contributed by atoms with Crippen LogP contribution in [0.5, 0.6) is 0 Å². The van der Waals surface area contributed by atoms with Crippen LogP contribution in [0.2, 0.25) is 0 Å². The van der Waals surface area contributed by atoms with Gasteiger partial charge in [0.2, 0.25) is 0 Å². The van der Waals surface area contributed by atoms with Gasteiger partial charge in [0.1, 0.15) is 11.5 Å². The highest BCUT2D eigenvalue weighted by Gasteiger charge is 2.56. The number of hydrogen-bond acceptors (Lipinski definition) is 3. The first-order valence-electron chi connectivity index (χ1n) is 6.60. The predicted octanol–water partition coefficient (Wildman–Crippen LogP) is 1.19. The number of carbonyl (C=O) groups is 2. The number of aromatic nitrogens is 2. The van der Waals surface area contributed by atoms with Crippen LogP contribution >= 0.6 is 0 Å². The molecule has 6 heteroatoms. The molecule has 0 spiro atoms. The van der Waals surface area contributed by atoms with Gasteiger partial charge in [0.25, 0.3) is 5.91 Å². The summed E-state index contributed by atoms with van der Waals surface area (Å²) < 4.78 is 0. The van der Waals surface area contributed by atoms with Gasteiger partial charge < -0.3 is 15.0 Å². The van der Waals surface area contributed by atoms with Crippen LogP contribution < -0.4 is 0 Å². The summed E-state index contributed by atoms with van der Waals surface area (Å²) in [5, 5.41) is 9.49. The molecule has 2 N–H and O–H groups in total. The monoisotopic (exact) mass is 263 g/mol. The van der Waals surface area contributed by atoms with Gasteiger partial charge in [-0.15, -0.1) is 0 Å². The first-order valence-corrected chi connectivity index (χ1v) is 6.60. The average Bonchev–Trinajstić information content (AvgIpc) is 3.01. The fourth-order valence-electron chi connectivity index (χ4n) is 3.56. The Balaban J connectivity index is 1.88. The molecule has 1 saturated heterocycles. The summed E-state index contributed by atoms with van der Waals surface area (Å²) in [6, 6.07) is -0.166. The lowest BCUT2D eigenvalue weighted by molar-refractivity contribution is -0.149. The number of carboxylic acid groups (broad SMARTS) is 1. The van der Waals surface area contributed by atoms with E-state index in [2.05, 4.69) is 9.97 Å². The zero-order valence-corrected chi connectivity index (χ0v) is 10.8. The second kappa shape index (κ2) is 4.08. The molecule has 2 atom stereocenters. The van der Waals surface area contributed by atoms with Crippen LogP contribution in [-0.4, -0.2) is 44.4 Å². The van der Waals surface area contributed by atoms with Gasteiger partial charge in [-0.1, -0.05) is 6.42 Å². The molecule has 0 aromatic carbocycles. The second-order valence-electron chi connectivity index (χ2n) is 5.50. The number of hydrogen-bond donors (Lipinski definition) is 2. The Morgan fingerprint density at radius 3 is 2.95 bits per heavy atom. The van der Waals surface area contributed by atoms with Crippen LogP contribution in [0, 0.1) is 12.3 Å². The zero-order valence-electron chi connectivity index (χ0n) is 10.8. The molecular formula is C13H17N3O3. The van der Waals surface area contributed by atoms with Crippen molar-refractivity contribution in [3.63, 3.8) is 0 Å². The Hall–Kier alpha value is -1.85. The highest BCUT2D eigenvalue weighted by Crippen LogP contribution is 2.49. The van der Waals surface area contributed by atoms with Crippen molar-refractivity contribution in [3.8, 4) is 0 Å². The Kier molecular flexibility index (Phi) is 2.62. The van der Waals surface area contributed by atoms with E-state index in [1.165, 1.54) is 6.20 Å². The van der Waals surface area contributed by atoms with E-state index in [0.717, 1.165) is 12.8 Å². The number of nitrogens with zero attached hydrogens (tertiary/aromatic N) is 2. The lowest BCUT2D eigenvalue weighted by Crippen LogP contribution is -2.43. The minimum atomic E-state index is -0.758. The lowest BCUT2D eigenvalue weighted by atomic mass is 9.82. The standard InChI is InChI=1S/C13H17N3O3/c1-8-14-7-9(15-8)11(17)16-6-5-13(12(18)19)4-2-3-10(13)16/h7,10H,2-6H2,1H3,(H,14,15)(H,18,19)/t10-,13+/m0/s1. The summed E-state index contributed by atoms with van der Waals surface area (Å²) in [6.45, 7) is 2.31. The van der Waals surface area contributed by atoms with Gasteiger partial charge in [-0.3, -0.25) is 9.59 Å². The number of fused-ring (bicyclic) bond motifs is 1. The number of likely N-dealkylation sites (tertiary alicyclic amines) is 1. The summed E-state index contributed by atoms with van der Waals surface area (Å²) in [4.78, 5) is 32.7. The van der Waals surface area contributed by atoms with Gasteiger partial charge in [-0.05, 0) is 26.2 Å². The lowest BCUT2D eigenvalue weighted by Gasteiger charge is -2.28. The third kappa shape index (κ3) is 1.66. The van der Waals surface area contributed by atoms with Crippen LogP contribution in [0.15, 0.2) is 6.20 Å². The number of H-pyrrole nitrogens is 1. The molecule has 1 aromatic heterocycles. The van der Waals surface area contributed by atoms with E-state index in [0.29, 0.717) is 30.9 Å². The third-order valence-electron chi connectivity index (χ3n) is 4.53. The Morgan fingerprint density at radius 2 is 2.32 bits per heavy atom. The molecule has 0 radical (unpaired) electrons. The SMILES string of the molecule is Cc1ncc(C(=O)N2CC[C@]3(C(=O)O)CCC[C@H]23)[nH]1. The second-order valence-corrected chi connectivity index (χ2v) is 5.50. The fourth-order valence-corrected chi connectivity index (χ4v) is 3.56. The van der Waals surface area contributed by atoms with E-state index in [-0.39, 0.29) is 11.9 Å². The van der Waals surface area contributed by atoms with Crippen molar-refractivity contribution in [2.45, 2.75) is 38.6 Å². The van der Waals surface area contributed by atoms with E-state index >= 15 is 0 Å². The number of aromatic amines is 1. The quantitative estimate of drug-likeness (QED) is 0.839. The van der Waals surface area contributed by atoms with E-state index in [9.17, 15) is 14.7 Å². The molecule has 19 heavy (non-hydrogen) atoms. The third-order valence-corrected chi connectivity index (χ3v) is 4.53. The summed E-state index contributed by atoms with van der Waals surface area (Å²) in [6.07, 6.45) is 4.42. The van der Waals surface area contributed by atoms with Crippen molar-refractivity contribution in [1.29, 1.82) is 0 Å². The highest BCUT2D eigenvalue weighted by atomic mass is 16.4. The first-order chi connectivity index (χ1) is 9.04. The Bertz CT molecular complexity index is 539. The molecule has 0 bridgehead atoms. The number of amides is 1. The van der Waals surface area contributed by atoms with Crippen molar-refractivity contribution in [1.82, 2.24) is 14.9 Å². The van der Waals surface area contributed by atoms with E-state index in [4.69, 9.17) is 0 Å². The topological polar surface area (TPSA) is 86.3 Å². The summed E-state index contributed by atoms with van der Waals surface area (Å²) in [5.41, 5.74) is -0.268. The average molecular weight is 263 g/mol. The number of carbonyl (C=O) groups excluding carboxylic acids is 1. The largest absolute Gasteiger partial charge is 0.481 e. The van der Waals surface area contributed by atoms with Crippen molar-refractivity contribution >= 4 is 11.9 Å². The molecular weight excluding hydrogens is 246 g/mol. The molecule has 6 nitrogen and oxygen atoms in total. The van der Waals surface area contributed by atoms with Crippen LogP contribution in [0.3, 0.4) is 0 Å². The maximum atomic E-state index is 12.4. The molecule has 1 aromatic rings. The van der Waals surface area contributed by atoms with Gasteiger partial charge in [0.05, 0.1) is 11.6 Å². The maximum Gasteiger partial charge on any atom is 0.311 e. The summed E-state index contributed by atoms with van der Waals surface area (Å²) in [5.74, 6) is -0.194. The van der Waals surface area contributed by atoms with E-state index < -0.39 is 11.4 Å². The summed E-state index contributed by atoms with van der Waals surface area (Å²) >= 11 is 0. The van der Waals surface area contributed by atoms with E-state index in [1.807, 2.05) is 0 Å². The molecule has 102 valence electrons. The van der Waals surface area contributed by atoms with E-state index in [1.54, 1.807) is 11.8 Å². The molecule has 1 saturated carbocycles. The smallest absolute Gasteiger partial charge is 0.311 e. The Labute approximate surface area is 110 Å². The maximum absolute atomic E-state index is 12.4. The predicted molar refractivity (Wildman–Crippen MR) is 66.7 cm³/mol. The molecule has 2 fully saturated rings. The van der Waals surface area contributed by atoms with Crippen molar-refractivity contribution in [2.24, 2.45) is 5.41 Å². The molecule has 1 aliphatic carbocycles. The minimum Gasteiger partial charge on any atom is -0.481 e. The van der Waals surface area contributed by atoms with Gasteiger partial charge in [0.15, 0.2) is 0 Å². The van der Waals surface area contributed by atoms with Gasteiger partial charge in [0, 0.05) is 12.6 Å². The molecule has 2 heterocycles. The van der Waals surface area contributed by atoms with Crippen LogP contribution in [0.25, 0.3) is 0 Å². The number of imidazole rings is 1. The van der Waals surface area contributed by atoms with Gasteiger partial charge >= 0.3 is 5.97 Å². The first kappa shape index (κ1) is 12.2. The molecule has 1 aliphatic heterocycles. The molecule has 2 aliphatic rings. The van der Waals surface area contributed by atoms with Crippen molar-refractivity contribution in [3.05, 3.63) is 17.7 Å². The minimum absolute atomic E-state index is 0.129. The Morgan fingerprint density at radius 1 is 1.53 bits per heavy atom. The molecule has 1 amide bonds. The normalized spacial score (nSPS) is 29.5. The fraction of sp³-hybridized carbons (Fsp3) is 0.615. The number of aryl methyl sites for hydroxylation is 1. The molecule has 0 unspecified atom stereocenters. The molecule has 3 rings (SSSR count). The number of nitrogens with one attached hydrogen (secondary N) is 1.